The monoisotopic (exact) mass is 458 g/mol. The van der Waals surface area contributed by atoms with Crippen molar-refractivity contribution in [1.29, 1.82) is 0 Å². The van der Waals surface area contributed by atoms with E-state index in [-0.39, 0.29) is 24.2 Å². The maximum absolute atomic E-state index is 13.0. The van der Waals surface area contributed by atoms with Crippen molar-refractivity contribution in [3.63, 3.8) is 0 Å². The van der Waals surface area contributed by atoms with E-state index in [1.54, 1.807) is 4.57 Å². The molecule has 4 rings (SSSR count). The molecule has 3 N–H and O–H groups in total. The zero-order chi connectivity index (χ0) is 24.1. The van der Waals surface area contributed by atoms with E-state index in [0.717, 1.165) is 22.2 Å². The molecule has 8 heteroatoms. The van der Waals surface area contributed by atoms with Crippen molar-refractivity contribution >= 4 is 22.7 Å². The number of aromatic nitrogens is 2. The molecule has 0 aliphatic rings. The van der Waals surface area contributed by atoms with Crippen LogP contribution in [0.4, 0.5) is 0 Å². The van der Waals surface area contributed by atoms with Crippen molar-refractivity contribution in [2.75, 3.05) is 13.1 Å². The van der Waals surface area contributed by atoms with Crippen LogP contribution in [0.5, 0.6) is 0 Å². The molecule has 0 spiro atoms. The molecule has 0 saturated carbocycles. The van der Waals surface area contributed by atoms with Crippen molar-refractivity contribution in [2.24, 2.45) is 0 Å². The average molecular weight is 459 g/mol. The summed E-state index contributed by atoms with van der Waals surface area (Å²) >= 11 is 0. The highest BCUT2D eigenvalue weighted by Crippen LogP contribution is 2.17. The van der Waals surface area contributed by atoms with Crippen LogP contribution in [0.3, 0.4) is 0 Å². The van der Waals surface area contributed by atoms with Crippen LogP contribution in [0.25, 0.3) is 10.9 Å². The third kappa shape index (κ3) is 5.01. The van der Waals surface area contributed by atoms with Gasteiger partial charge in [0, 0.05) is 42.6 Å². The van der Waals surface area contributed by atoms with Gasteiger partial charge in [-0.3, -0.25) is 14.4 Å². The molecule has 4 aromatic rings. The number of hydrogen-bond acceptors (Lipinski definition) is 4. The second kappa shape index (κ2) is 10.1. The van der Waals surface area contributed by atoms with E-state index in [1.807, 2.05) is 49.5 Å². The first-order valence-electron chi connectivity index (χ1n) is 11.0. The Kier molecular flexibility index (Phi) is 6.77. The van der Waals surface area contributed by atoms with Gasteiger partial charge in [-0.05, 0) is 37.1 Å². The molecular formula is C26H26N4O4. The lowest BCUT2D eigenvalue weighted by molar-refractivity contribution is 0.0952. The smallest absolute Gasteiger partial charge is 0.257 e. The summed E-state index contributed by atoms with van der Waals surface area (Å²) in [6.07, 6.45) is 6.91. The fraction of sp³-hybridized carbons (Fsp3) is 0.192. The Labute approximate surface area is 196 Å². The Morgan fingerprint density at radius 3 is 2.53 bits per heavy atom. The van der Waals surface area contributed by atoms with Gasteiger partial charge in [0.05, 0.1) is 6.54 Å². The number of benzene rings is 1. The highest BCUT2D eigenvalue weighted by Gasteiger charge is 2.19. The standard InChI is InChI=1S/C26H26N4O4/c1-3-11-27-25(32)21-15-30(14-19-9-8-17(2)34-19)16-22(24(21)31)26(33)28-12-10-18-13-29-23-7-5-4-6-20(18)23/h3-9,13,15-16,29H,1,10-12,14H2,2H3,(H,27,32)(H,28,33). The Morgan fingerprint density at radius 1 is 1.09 bits per heavy atom. The number of para-hydroxylation sites is 1. The lowest BCUT2D eigenvalue weighted by Crippen LogP contribution is -2.36. The van der Waals surface area contributed by atoms with Crippen molar-refractivity contribution in [3.8, 4) is 0 Å². The minimum absolute atomic E-state index is 0.103. The number of amides is 2. The van der Waals surface area contributed by atoms with Crippen molar-refractivity contribution < 1.29 is 14.0 Å². The third-order valence-electron chi connectivity index (χ3n) is 5.46. The molecule has 0 saturated heterocycles. The van der Waals surface area contributed by atoms with Crippen LogP contribution >= 0.6 is 0 Å². The Hall–Kier alpha value is -4.33. The van der Waals surface area contributed by atoms with E-state index >= 15 is 0 Å². The maximum atomic E-state index is 13.0. The minimum atomic E-state index is -0.627. The van der Waals surface area contributed by atoms with Crippen LogP contribution in [0, 0.1) is 6.92 Å². The number of nitrogens with one attached hydrogen (secondary N) is 3. The first-order chi connectivity index (χ1) is 16.5. The van der Waals surface area contributed by atoms with Gasteiger partial charge in [-0.2, -0.15) is 0 Å². The number of H-pyrrole nitrogens is 1. The van der Waals surface area contributed by atoms with E-state index in [0.29, 0.717) is 18.7 Å². The molecule has 0 fully saturated rings. The van der Waals surface area contributed by atoms with Crippen molar-refractivity contribution in [1.82, 2.24) is 20.2 Å². The zero-order valence-corrected chi connectivity index (χ0v) is 18.9. The van der Waals surface area contributed by atoms with Crippen molar-refractivity contribution in [2.45, 2.75) is 19.9 Å². The van der Waals surface area contributed by atoms with E-state index in [4.69, 9.17) is 4.42 Å². The Morgan fingerprint density at radius 2 is 1.82 bits per heavy atom. The quantitative estimate of drug-likeness (QED) is 0.335. The number of nitrogens with zero attached hydrogens (tertiary/aromatic N) is 1. The van der Waals surface area contributed by atoms with Gasteiger partial charge >= 0.3 is 0 Å². The number of hydrogen-bond donors (Lipinski definition) is 3. The third-order valence-corrected chi connectivity index (χ3v) is 5.46. The van der Waals surface area contributed by atoms with Gasteiger partial charge in [-0.1, -0.05) is 24.3 Å². The number of furan rings is 1. The average Bonchev–Trinajstić information content (AvgIpc) is 3.44. The predicted molar refractivity (Wildman–Crippen MR) is 130 cm³/mol. The largest absolute Gasteiger partial charge is 0.464 e. The van der Waals surface area contributed by atoms with E-state index in [9.17, 15) is 14.4 Å². The minimum Gasteiger partial charge on any atom is -0.464 e. The number of carbonyl (C=O) groups excluding carboxylic acids is 2. The zero-order valence-electron chi connectivity index (χ0n) is 18.9. The summed E-state index contributed by atoms with van der Waals surface area (Å²) < 4.78 is 7.22. The molecule has 0 radical (unpaired) electrons. The molecular weight excluding hydrogens is 432 g/mol. The molecule has 0 unspecified atom stereocenters. The molecule has 2 amide bonds. The van der Waals surface area contributed by atoms with Gasteiger partial charge < -0.3 is 24.6 Å². The highest BCUT2D eigenvalue weighted by molar-refractivity contribution is 5.99. The molecule has 0 aliphatic carbocycles. The second-order valence-electron chi connectivity index (χ2n) is 7.96. The first-order valence-corrected chi connectivity index (χ1v) is 11.0. The number of rotatable bonds is 9. The SMILES string of the molecule is C=CCNC(=O)c1cn(Cc2ccc(C)o2)cc(C(=O)NCCc2c[nH]c3ccccc23)c1=O. The van der Waals surface area contributed by atoms with Gasteiger partial charge in [0.2, 0.25) is 5.43 Å². The molecule has 0 bridgehead atoms. The summed E-state index contributed by atoms with van der Waals surface area (Å²) in [5.74, 6) is 0.287. The molecule has 1 aromatic carbocycles. The molecule has 34 heavy (non-hydrogen) atoms. The van der Waals surface area contributed by atoms with E-state index < -0.39 is 17.2 Å². The van der Waals surface area contributed by atoms with Crippen LogP contribution in [0.15, 0.2) is 76.9 Å². The Bertz CT molecular complexity index is 1410. The first kappa shape index (κ1) is 22.8. The summed E-state index contributed by atoms with van der Waals surface area (Å²) in [6.45, 7) is 6.21. The summed E-state index contributed by atoms with van der Waals surface area (Å²) in [5, 5.41) is 6.50. The van der Waals surface area contributed by atoms with Gasteiger partial charge in [0.25, 0.3) is 11.8 Å². The predicted octanol–water partition coefficient (Wildman–Crippen LogP) is 3.17. The topological polar surface area (TPSA) is 109 Å². The Balaban J connectivity index is 1.55. The molecule has 174 valence electrons. The lowest BCUT2D eigenvalue weighted by atomic mass is 10.1. The number of fused-ring (bicyclic) bond motifs is 1. The molecule has 8 nitrogen and oxygen atoms in total. The van der Waals surface area contributed by atoms with E-state index in [1.165, 1.54) is 18.5 Å². The van der Waals surface area contributed by atoms with Crippen molar-refractivity contribution in [3.05, 3.63) is 106 Å². The summed E-state index contributed by atoms with van der Waals surface area (Å²) in [7, 11) is 0. The van der Waals surface area contributed by atoms with Gasteiger partial charge in [-0.15, -0.1) is 6.58 Å². The summed E-state index contributed by atoms with van der Waals surface area (Å²) in [6, 6.07) is 11.6. The normalized spacial score (nSPS) is 10.9. The van der Waals surface area contributed by atoms with Crippen LogP contribution in [-0.2, 0) is 13.0 Å². The molecule has 0 aliphatic heterocycles. The highest BCUT2D eigenvalue weighted by atomic mass is 16.3. The number of aryl methyl sites for hydroxylation is 1. The fourth-order valence-corrected chi connectivity index (χ4v) is 3.80. The van der Waals surface area contributed by atoms with Crippen LogP contribution in [0.1, 0.15) is 37.8 Å². The van der Waals surface area contributed by atoms with Gasteiger partial charge in [0.1, 0.15) is 22.6 Å². The fourth-order valence-electron chi connectivity index (χ4n) is 3.80. The molecule has 0 atom stereocenters. The number of carbonyl (C=O) groups is 2. The number of pyridine rings is 1. The van der Waals surface area contributed by atoms with Crippen LogP contribution in [0.2, 0.25) is 0 Å². The van der Waals surface area contributed by atoms with Crippen LogP contribution in [-0.4, -0.2) is 34.5 Å². The van der Waals surface area contributed by atoms with Gasteiger partial charge in [-0.25, -0.2) is 0 Å². The van der Waals surface area contributed by atoms with Crippen LogP contribution < -0.4 is 16.1 Å². The maximum Gasteiger partial charge on any atom is 0.257 e. The number of aromatic amines is 1. The molecule has 3 aromatic heterocycles. The summed E-state index contributed by atoms with van der Waals surface area (Å²) in [4.78, 5) is 41.7. The lowest BCUT2D eigenvalue weighted by Gasteiger charge is -2.12. The summed E-state index contributed by atoms with van der Waals surface area (Å²) in [5.41, 5.74) is 1.25. The molecule has 3 heterocycles. The second-order valence-corrected chi connectivity index (χ2v) is 7.96. The van der Waals surface area contributed by atoms with E-state index in [2.05, 4.69) is 22.2 Å². The van der Waals surface area contributed by atoms with Gasteiger partial charge in [0.15, 0.2) is 0 Å².